The molecular weight excluding hydrogens is 734 g/mol. The molecule has 0 saturated carbocycles. The van der Waals surface area contributed by atoms with Crippen LogP contribution in [0.3, 0.4) is 0 Å². The van der Waals surface area contributed by atoms with E-state index in [2.05, 4.69) is 20.3 Å². The average Bonchev–Trinajstić information content (AvgIpc) is 3.76. The minimum Gasteiger partial charge on any atom is -0.497 e. The first kappa shape index (κ1) is 38.4. The van der Waals surface area contributed by atoms with Crippen LogP contribution in [0.15, 0.2) is 122 Å². The third-order valence-corrected chi connectivity index (χ3v) is 9.69. The number of methoxy groups -OCH3 is 2. The van der Waals surface area contributed by atoms with Crippen molar-refractivity contribution in [3.8, 4) is 11.5 Å². The second-order valence-corrected chi connectivity index (χ2v) is 13.5. The first-order valence-electron chi connectivity index (χ1n) is 16.5. The van der Waals surface area contributed by atoms with Crippen molar-refractivity contribution in [1.82, 2.24) is 25.7 Å². The fourth-order valence-electron chi connectivity index (χ4n) is 6.46. The van der Waals surface area contributed by atoms with Gasteiger partial charge in [-0.1, -0.05) is 77.4 Å². The fourth-order valence-corrected chi connectivity index (χ4v) is 7.21. The van der Waals surface area contributed by atoms with E-state index in [0.29, 0.717) is 17.1 Å². The standard InChI is InChI=1S/C38H33FN5O7PS.H3N/c1-47-28-17-13-26(14-18-28)38(25-11-7-4-8-12-25,27-15-19-29(48-2)20-16-27)49-21-30-33(51-52(46)53)31(39)37(50-30)44-23-42-32-34(40-22-41-35(32)44)43-36(45)24-9-5-3-6-10-24;/h3-20,22-23,30-31,33,37H,21H2,1-2H3,(H,40,41,43,45);1H3/p+1/t30-,31+,33-,37-;/m1./s1. The lowest BCUT2D eigenvalue weighted by atomic mass is 9.80. The Bertz CT molecular complexity index is 2150. The van der Waals surface area contributed by atoms with E-state index in [1.807, 2.05) is 78.9 Å². The number of fused-ring (bicyclic) bond motifs is 1. The van der Waals surface area contributed by atoms with Crippen LogP contribution >= 0.6 is 7.23 Å². The number of anilines is 1. The number of nitrogens with zero attached hydrogens (tertiary/aromatic N) is 4. The molecule has 13 nitrogen and oxygen atoms in total. The smallest absolute Gasteiger partial charge is 0.372 e. The Morgan fingerprint density at radius 1 is 0.870 bits per heavy atom. The second kappa shape index (κ2) is 16.8. The molecule has 1 saturated heterocycles. The van der Waals surface area contributed by atoms with E-state index in [1.54, 1.807) is 44.6 Å². The Morgan fingerprint density at radius 3 is 2.02 bits per heavy atom. The van der Waals surface area contributed by atoms with Gasteiger partial charge in [0.1, 0.15) is 29.5 Å². The summed E-state index contributed by atoms with van der Waals surface area (Å²) in [6, 6.07) is 33.1. The maximum Gasteiger partial charge on any atom is 0.372 e. The predicted molar refractivity (Wildman–Crippen MR) is 203 cm³/mol. The van der Waals surface area contributed by atoms with Gasteiger partial charge >= 0.3 is 7.23 Å². The quantitative estimate of drug-likeness (QED) is 0.0685. The summed E-state index contributed by atoms with van der Waals surface area (Å²) in [5.74, 6) is 1.02. The number of hydrogen-bond donors (Lipinski definition) is 2. The third kappa shape index (κ3) is 7.55. The summed E-state index contributed by atoms with van der Waals surface area (Å²) >= 11 is 4.89. The summed E-state index contributed by atoms with van der Waals surface area (Å²) in [6.45, 7) is -0.229. The van der Waals surface area contributed by atoms with Crippen LogP contribution in [0, 0.1) is 0 Å². The maximum atomic E-state index is 16.6. The molecular formula is C38H37FN6O7PS+. The van der Waals surface area contributed by atoms with Gasteiger partial charge in [0.2, 0.25) is 0 Å². The largest absolute Gasteiger partial charge is 0.497 e. The van der Waals surface area contributed by atoms with Gasteiger partial charge in [-0.05, 0) is 53.1 Å². The van der Waals surface area contributed by atoms with Crippen LogP contribution in [0.4, 0.5) is 10.2 Å². The van der Waals surface area contributed by atoms with Crippen molar-refractivity contribution in [3.05, 3.63) is 144 Å². The molecule has 4 aromatic carbocycles. The van der Waals surface area contributed by atoms with E-state index in [1.165, 1.54) is 17.2 Å². The Hall–Kier alpha value is -5.28. The molecule has 1 unspecified atom stereocenters. The van der Waals surface area contributed by atoms with Gasteiger partial charge in [0.15, 0.2) is 35.5 Å². The topological polar surface area (TPSA) is 172 Å². The van der Waals surface area contributed by atoms with E-state index in [4.69, 9.17) is 35.7 Å². The molecule has 54 heavy (non-hydrogen) atoms. The van der Waals surface area contributed by atoms with Crippen LogP contribution in [-0.4, -0.2) is 64.6 Å². The molecule has 2 aromatic heterocycles. The first-order valence-corrected chi connectivity index (χ1v) is 18.6. The second-order valence-electron chi connectivity index (χ2n) is 12.0. The Balaban J connectivity index is 0.00000497. The Morgan fingerprint density at radius 2 is 1.44 bits per heavy atom. The number of aromatic nitrogens is 4. The van der Waals surface area contributed by atoms with E-state index >= 15 is 4.39 Å². The monoisotopic (exact) mass is 771 g/mol. The molecule has 1 aliphatic rings. The van der Waals surface area contributed by atoms with Gasteiger partial charge in [0.25, 0.3) is 5.91 Å². The summed E-state index contributed by atoms with van der Waals surface area (Å²) in [6.07, 6.45) is -3.15. The van der Waals surface area contributed by atoms with Crippen molar-refractivity contribution < 1.29 is 37.2 Å². The van der Waals surface area contributed by atoms with Crippen LogP contribution in [0.1, 0.15) is 33.3 Å². The number of halogens is 1. The van der Waals surface area contributed by atoms with Gasteiger partial charge in [-0.25, -0.2) is 19.3 Å². The average molecular weight is 772 g/mol. The van der Waals surface area contributed by atoms with Crippen LogP contribution in [0.5, 0.6) is 11.5 Å². The minimum absolute atomic E-state index is 0. The molecule has 16 heteroatoms. The van der Waals surface area contributed by atoms with Crippen LogP contribution in [0.25, 0.3) is 11.2 Å². The van der Waals surface area contributed by atoms with Gasteiger partial charge in [-0.2, -0.15) is 4.52 Å². The summed E-state index contributed by atoms with van der Waals surface area (Å²) in [7, 11) is 0.508. The zero-order valence-electron chi connectivity index (χ0n) is 29.4. The lowest BCUT2D eigenvalue weighted by Crippen LogP contribution is -2.39. The number of quaternary nitrogens is 1. The lowest BCUT2D eigenvalue weighted by molar-refractivity contribution is -0.0904. The van der Waals surface area contributed by atoms with Crippen LogP contribution < -0.4 is 20.9 Å². The molecule has 7 rings (SSSR count). The van der Waals surface area contributed by atoms with Crippen LogP contribution in [-0.2, 0) is 36.4 Å². The first-order chi connectivity index (χ1) is 25.8. The Kier molecular flexibility index (Phi) is 12.0. The lowest BCUT2D eigenvalue weighted by Gasteiger charge is -2.37. The van der Waals surface area contributed by atoms with Gasteiger partial charge < -0.3 is 42.7 Å². The van der Waals surface area contributed by atoms with Crippen molar-refractivity contribution in [3.63, 3.8) is 0 Å². The highest BCUT2D eigenvalue weighted by atomic mass is 32.7. The highest BCUT2D eigenvalue weighted by Crippen LogP contribution is 2.45. The molecule has 0 bridgehead atoms. The highest BCUT2D eigenvalue weighted by Gasteiger charge is 2.51. The maximum absolute atomic E-state index is 16.6. The number of carbonyl (C=O) groups excluding carboxylic acids is 1. The number of hydrogen-bond acceptors (Lipinski definition) is 11. The number of ether oxygens (including phenoxy) is 4. The molecule has 278 valence electrons. The van der Waals surface area contributed by atoms with Gasteiger partial charge in [-0.15, -0.1) is 0 Å². The molecule has 3 heterocycles. The normalized spacial score (nSPS) is 18.5. The van der Waals surface area contributed by atoms with Gasteiger partial charge in [-0.3, -0.25) is 9.36 Å². The van der Waals surface area contributed by atoms with Crippen LogP contribution in [0.2, 0.25) is 0 Å². The molecule has 1 aliphatic heterocycles. The zero-order valence-corrected chi connectivity index (χ0v) is 31.2. The van der Waals surface area contributed by atoms with E-state index in [9.17, 15) is 9.36 Å². The SMILES string of the molecule is COc1ccc(C(OC[C@H]2O[C@@H](n3cnc4c(NC(=O)c5ccccc5)ncnc43)[C@@H](F)[C@@H]2O[P+](=O)[S-])(c2ccccc2)c2ccc(OC)cc2)cc1.[NH4+]. The van der Waals surface area contributed by atoms with Gasteiger partial charge in [0.05, 0.1) is 27.2 Å². The predicted octanol–water partition coefficient (Wildman–Crippen LogP) is 7.31. The molecule has 1 amide bonds. The molecule has 0 spiro atoms. The van der Waals surface area contributed by atoms with Crippen molar-refractivity contribution in [2.24, 2.45) is 0 Å². The van der Waals surface area contributed by atoms with Crippen molar-refractivity contribution in [2.45, 2.75) is 30.2 Å². The van der Waals surface area contributed by atoms with Crippen molar-refractivity contribution in [2.75, 3.05) is 26.1 Å². The summed E-state index contributed by atoms with van der Waals surface area (Å²) in [5, 5.41) is 2.74. The highest BCUT2D eigenvalue weighted by molar-refractivity contribution is 8.25. The molecule has 6 aromatic rings. The minimum atomic E-state index is -2.66. The fraction of sp³-hybridized carbons (Fsp3) is 0.211. The number of amides is 1. The zero-order chi connectivity index (χ0) is 37.0. The molecule has 0 aliphatic carbocycles. The summed E-state index contributed by atoms with van der Waals surface area (Å²) in [4.78, 5) is 25.8. The molecule has 0 radical (unpaired) electrons. The number of benzene rings is 4. The number of nitrogens with one attached hydrogen (secondary N) is 1. The Labute approximate surface area is 316 Å². The van der Waals surface area contributed by atoms with Gasteiger partial charge in [0, 0.05) is 5.56 Å². The van der Waals surface area contributed by atoms with E-state index in [0.717, 1.165) is 16.7 Å². The number of imidazole rings is 1. The van der Waals surface area contributed by atoms with E-state index in [-0.39, 0.29) is 29.7 Å². The van der Waals surface area contributed by atoms with Crippen molar-refractivity contribution in [1.29, 1.82) is 0 Å². The molecule has 5 atom stereocenters. The number of rotatable bonds is 13. The summed E-state index contributed by atoms with van der Waals surface area (Å²) in [5.41, 5.74) is 1.82. The molecule has 5 N–H and O–H groups in total. The summed E-state index contributed by atoms with van der Waals surface area (Å²) < 4.78 is 60.0. The number of carbonyl (C=O) groups is 1. The van der Waals surface area contributed by atoms with Crippen molar-refractivity contribution >= 4 is 42.4 Å². The van der Waals surface area contributed by atoms with E-state index < -0.39 is 43.3 Å². The number of alkyl halides is 1. The third-order valence-electron chi connectivity index (χ3n) is 9.01. The molecule has 1 fully saturated rings.